The molecule has 3 aromatic heterocycles. The highest BCUT2D eigenvalue weighted by molar-refractivity contribution is 5.80. The first-order valence-electron chi connectivity index (χ1n) is 8.62. The molecule has 0 radical (unpaired) electrons. The second-order valence-corrected chi connectivity index (χ2v) is 6.63. The van der Waals surface area contributed by atoms with Crippen LogP contribution in [0.1, 0.15) is 17.0 Å². The molecular weight excluding hydrogens is 389 g/mol. The maximum atomic E-state index is 13.7. The molecule has 0 bridgehead atoms. The summed E-state index contributed by atoms with van der Waals surface area (Å²) in [5.41, 5.74) is 4.44. The Balaban J connectivity index is 2.25. The van der Waals surface area contributed by atoms with E-state index in [4.69, 9.17) is 5.73 Å². The summed E-state index contributed by atoms with van der Waals surface area (Å²) >= 11 is 0. The number of hydrogen-bond donors (Lipinski definition) is 1. The van der Waals surface area contributed by atoms with Gasteiger partial charge in [-0.1, -0.05) is 0 Å². The van der Waals surface area contributed by atoms with Gasteiger partial charge < -0.3 is 19.4 Å². The monoisotopic (exact) mass is 408 g/mol. The van der Waals surface area contributed by atoms with Gasteiger partial charge in [0.05, 0.1) is 18.2 Å². The highest BCUT2D eigenvalue weighted by Gasteiger charge is 2.36. The highest BCUT2D eigenvalue weighted by Crippen LogP contribution is 2.37. The summed E-state index contributed by atoms with van der Waals surface area (Å²) in [7, 11) is 2.62. The van der Waals surface area contributed by atoms with E-state index in [0.717, 1.165) is 10.6 Å². The number of hydrogen-bond acceptors (Lipinski definition) is 5. The molecule has 0 spiro atoms. The van der Waals surface area contributed by atoms with Gasteiger partial charge in [0.1, 0.15) is 11.7 Å². The van der Waals surface area contributed by atoms with Gasteiger partial charge in [-0.25, -0.2) is 4.98 Å². The molecule has 0 saturated heterocycles. The van der Waals surface area contributed by atoms with Crippen LogP contribution in [0.2, 0.25) is 0 Å². The van der Waals surface area contributed by atoms with Crippen LogP contribution in [0.3, 0.4) is 0 Å². The second-order valence-electron chi connectivity index (χ2n) is 6.63. The first-order valence-corrected chi connectivity index (χ1v) is 8.62. The molecule has 3 aromatic rings. The lowest BCUT2D eigenvalue weighted by Crippen LogP contribution is -2.34. The van der Waals surface area contributed by atoms with Gasteiger partial charge in [0, 0.05) is 42.8 Å². The largest absolute Gasteiger partial charge is 0.468 e. The van der Waals surface area contributed by atoms with Crippen molar-refractivity contribution in [2.75, 3.05) is 7.11 Å². The third-order valence-electron chi connectivity index (χ3n) is 4.81. The van der Waals surface area contributed by atoms with Gasteiger partial charge in [-0.05, 0) is 25.1 Å². The third-order valence-corrected chi connectivity index (χ3v) is 4.81. The van der Waals surface area contributed by atoms with Gasteiger partial charge >= 0.3 is 12.1 Å². The fraction of sp³-hybridized carbons (Fsp3) is 0.316. The third kappa shape index (κ3) is 3.63. The summed E-state index contributed by atoms with van der Waals surface area (Å²) in [6.45, 7) is 1.43. The average Bonchev–Trinajstić information content (AvgIpc) is 3.15. The number of rotatable bonds is 4. The van der Waals surface area contributed by atoms with Crippen LogP contribution < -0.4 is 11.3 Å². The Morgan fingerprint density at radius 2 is 2.03 bits per heavy atom. The Bertz CT molecular complexity index is 1150. The smallest absolute Gasteiger partial charge is 0.417 e. The number of nitrogens with zero attached hydrogens (tertiary/aromatic N) is 3. The Hall–Kier alpha value is -3.14. The van der Waals surface area contributed by atoms with Crippen molar-refractivity contribution < 1.29 is 22.7 Å². The second kappa shape index (κ2) is 7.36. The van der Waals surface area contributed by atoms with Gasteiger partial charge in [0.2, 0.25) is 0 Å². The molecule has 29 heavy (non-hydrogen) atoms. The van der Waals surface area contributed by atoms with Crippen molar-refractivity contribution in [1.29, 1.82) is 0 Å². The minimum Gasteiger partial charge on any atom is -0.468 e. The van der Waals surface area contributed by atoms with Crippen LogP contribution in [0.15, 0.2) is 35.4 Å². The van der Waals surface area contributed by atoms with E-state index in [9.17, 15) is 22.8 Å². The van der Waals surface area contributed by atoms with Crippen LogP contribution in [0, 0.1) is 6.92 Å². The minimum absolute atomic E-state index is 0.0401. The van der Waals surface area contributed by atoms with Crippen molar-refractivity contribution in [2.45, 2.75) is 25.6 Å². The van der Waals surface area contributed by atoms with Gasteiger partial charge in [0.25, 0.3) is 5.56 Å². The van der Waals surface area contributed by atoms with E-state index >= 15 is 0 Å². The molecule has 2 N–H and O–H groups in total. The standard InChI is InChI=1S/C19H19F3N4O3/c1-10-8-13(19(20,21)22)15(17(27)25(10)2)12-5-4-11(9-14(23)18(28)29-3)26-7-6-24-16(12)26/h4-8,14H,9,23H2,1-3H3/t14-/m0/s1. The number of pyridine rings is 2. The van der Waals surface area contributed by atoms with Crippen LogP contribution >= 0.6 is 0 Å². The van der Waals surface area contributed by atoms with Crippen LogP contribution in [0.25, 0.3) is 16.8 Å². The molecule has 0 aromatic carbocycles. The SMILES string of the molecule is COC(=O)[C@@H](N)Cc1ccc(-c2c(C(F)(F)F)cc(C)n(C)c2=O)c2nccn12. The number of ether oxygens (including phenoxy) is 1. The molecule has 0 aliphatic heterocycles. The van der Waals surface area contributed by atoms with Crippen LogP contribution in [0.4, 0.5) is 13.2 Å². The molecule has 0 saturated carbocycles. The first-order chi connectivity index (χ1) is 13.6. The van der Waals surface area contributed by atoms with Crippen molar-refractivity contribution >= 4 is 11.6 Å². The highest BCUT2D eigenvalue weighted by atomic mass is 19.4. The number of esters is 1. The van der Waals surface area contributed by atoms with Gasteiger partial charge in [-0.15, -0.1) is 0 Å². The molecule has 0 aliphatic carbocycles. The van der Waals surface area contributed by atoms with Gasteiger partial charge in [-0.3, -0.25) is 9.59 Å². The van der Waals surface area contributed by atoms with E-state index < -0.39 is 34.9 Å². The summed E-state index contributed by atoms with van der Waals surface area (Å²) in [5, 5.41) is 0. The van der Waals surface area contributed by atoms with E-state index in [1.165, 1.54) is 50.0 Å². The van der Waals surface area contributed by atoms with E-state index in [1.807, 2.05) is 0 Å². The van der Waals surface area contributed by atoms with Gasteiger partial charge in [0.15, 0.2) is 0 Å². The number of aryl methyl sites for hydroxylation is 1. The Labute approximate surface area is 163 Å². The summed E-state index contributed by atoms with van der Waals surface area (Å²) in [4.78, 5) is 28.5. The van der Waals surface area contributed by atoms with E-state index in [2.05, 4.69) is 9.72 Å². The maximum Gasteiger partial charge on any atom is 0.417 e. The zero-order chi connectivity index (χ0) is 21.5. The zero-order valence-corrected chi connectivity index (χ0v) is 15.9. The van der Waals surface area contributed by atoms with E-state index in [1.54, 1.807) is 0 Å². The Morgan fingerprint density at radius 3 is 2.66 bits per heavy atom. The average molecular weight is 408 g/mol. The van der Waals surface area contributed by atoms with E-state index in [-0.39, 0.29) is 23.3 Å². The normalized spacial score (nSPS) is 12.9. The fourth-order valence-electron chi connectivity index (χ4n) is 3.20. The zero-order valence-electron chi connectivity index (χ0n) is 15.9. The predicted octanol–water partition coefficient (Wildman–Crippen LogP) is 2.07. The number of nitrogens with two attached hydrogens (primary N) is 1. The lowest BCUT2D eigenvalue weighted by molar-refractivity contribution is -0.142. The van der Waals surface area contributed by atoms with Crippen molar-refractivity contribution in [1.82, 2.24) is 14.0 Å². The van der Waals surface area contributed by atoms with Crippen LogP contribution in [0.5, 0.6) is 0 Å². The molecule has 154 valence electrons. The van der Waals surface area contributed by atoms with Crippen molar-refractivity contribution in [3.8, 4) is 11.1 Å². The molecule has 0 fully saturated rings. The Kier molecular flexibility index (Phi) is 5.22. The lowest BCUT2D eigenvalue weighted by atomic mass is 10.00. The quantitative estimate of drug-likeness (QED) is 0.668. The number of carbonyl (C=O) groups excluding carboxylic acids is 1. The topological polar surface area (TPSA) is 91.6 Å². The molecule has 0 aliphatic rings. The van der Waals surface area contributed by atoms with Crippen LogP contribution in [-0.2, 0) is 29.2 Å². The van der Waals surface area contributed by atoms with Crippen molar-refractivity contribution in [3.05, 3.63) is 57.9 Å². The fourth-order valence-corrected chi connectivity index (χ4v) is 3.20. The first kappa shape index (κ1) is 20.6. The molecular formula is C19H19F3N4O3. The number of methoxy groups -OCH3 is 1. The summed E-state index contributed by atoms with van der Waals surface area (Å²) in [5.74, 6) is -0.617. The predicted molar refractivity (Wildman–Crippen MR) is 99.3 cm³/mol. The number of alkyl halides is 3. The molecule has 3 heterocycles. The minimum atomic E-state index is -4.72. The maximum absolute atomic E-state index is 13.7. The Morgan fingerprint density at radius 1 is 1.34 bits per heavy atom. The lowest BCUT2D eigenvalue weighted by Gasteiger charge is -2.17. The molecule has 10 heteroatoms. The molecule has 7 nitrogen and oxygen atoms in total. The van der Waals surface area contributed by atoms with Gasteiger partial charge in [-0.2, -0.15) is 13.2 Å². The summed E-state index contributed by atoms with van der Waals surface area (Å²) < 4.78 is 48.3. The summed E-state index contributed by atoms with van der Waals surface area (Å²) in [6, 6.07) is 2.90. The number of imidazole rings is 1. The molecule has 0 amide bonds. The summed E-state index contributed by atoms with van der Waals surface area (Å²) in [6.07, 6.45) is -1.71. The number of halogens is 3. The van der Waals surface area contributed by atoms with Crippen LogP contribution in [-0.4, -0.2) is 33.1 Å². The van der Waals surface area contributed by atoms with E-state index in [0.29, 0.717) is 5.69 Å². The number of fused-ring (bicyclic) bond motifs is 1. The van der Waals surface area contributed by atoms with Crippen molar-refractivity contribution in [2.24, 2.45) is 12.8 Å². The molecule has 0 unspecified atom stereocenters. The molecule has 3 rings (SSSR count). The molecule has 1 atom stereocenters. The van der Waals surface area contributed by atoms with Crippen molar-refractivity contribution in [3.63, 3.8) is 0 Å². The number of carbonyl (C=O) groups is 1. The number of aromatic nitrogens is 3.